The van der Waals surface area contributed by atoms with Gasteiger partial charge in [0.15, 0.2) is 5.96 Å². The molecule has 0 N–H and O–H groups in total. The van der Waals surface area contributed by atoms with E-state index in [0.29, 0.717) is 6.54 Å². The average Bonchev–Trinajstić information content (AvgIpc) is 2.38. The standard InChI is InChI=1S/C15H20N4.HI/c1-18(2)15(19(3)4)17-11-14-13-8-6-5-7-12(13)9-10-16-14;/h5-10H,11H2,1-4H3;1H. The van der Waals surface area contributed by atoms with E-state index in [1.54, 1.807) is 0 Å². The second kappa shape index (κ2) is 7.42. The van der Waals surface area contributed by atoms with Gasteiger partial charge in [-0.2, -0.15) is 0 Å². The van der Waals surface area contributed by atoms with E-state index in [2.05, 4.69) is 22.1 Å². The highest BCUT2D eigenvalue weighted by Gasteiger charge is 2.06. The molecule has 0 saturated carbocycles. The van der Waals surface area contributed by atoms with Crippen LogP contribution in [0.3, 0.4) is 0 Å². The van der Waals surface area contributed by atoms with Gasteiger partial charge in [0.05, 0.1) is 12.2 Å². The molecule has 1 aromatic heterocycles. The monoisotopic (exact) mass is 384 g/mol. The number of rotatable bonds is 2. The number of fused-ring (bicyclic) bond motifs is 1. The van der Waals surface area contributed by atoms with Crippen molar-refractivity contribution in [1.82, 2.24) is 14.8 Å². The molecule has 0 bridgehead atoms. The molecule has 108 valence electrons. The highest BCUT2D eigenvalue weighted by molar-refractivity contribution is 14.0. The van der Waals surface area contributed by atoms with E-state index >= 15 is 0 Å². The molecule has 0 aliphatic heterocycles. The number of aliphatic imine (C=N–C) groups is 1. The van der Waals surface area contributed by atoms with Crippen molar-refractivity contribution >= 4 is 40.7 Å². The fourth-order valence-electron chi connectivity index (χ4n) is 2.14. The van der Waals surface area contributed by atoms with Crippen molar-refractivity contribution in [2.45, 2.75) is 6.54 Å². The maximum Gasteiger partial charge on any atom is 0.195 e. The SMILES string of the molecule is CN(C)C(=NCc1nccc2ccccc12)N(C)C.I. The lowest BCUT2D eigenvalue weighted by atomic mass is 10.1. The third-order valence-corrected chi connectivity index (χ3v) is 2.93. The summed E-state index contributed by atoms with van der Waals surface area (Å²) in [5.41, 5.74) is 1.01. The molecule has 0 aliphatic rings. The van der Waals surface area contributed by atoms with Gasteiger partial charge in [-0.05, 0) is 11.5 Å². The lowest BCUT2D eigenvalue weighted by Crippen LogP contribution is -2.35. The molecule has 4 nitrogen and oxygen atoms in total. The van der Waals surface area contributed by atoms with Crippen LogP contribution in [-0.4, -0.2) is 48.9 Å². The van der Waals surface area contributed by atoms with Gasteiger partial charge in [0.1, 0.15) is 0 Å². The summed E-state index contributed by atoms with van der Waals surface area (Å²) >= 11 is 0. The summed E-state index contributed by atoms with van der Waals surface area (Å²) in [5, 5.41) is 2.38. The topological polar surface area (TPSA) is 31.7 Å². The molecule has 0 radical (unpaired) electrons. The molecule has 5 heteroatoms. The minimum absolute atomic E-state index is 0. The van der Waals surface area contributed by atoms with E-state index in [1.807, 2.05) is 62.4 Å². The fourth-order valence-corrected chi connectivity index (χ4v) is 2.14. The Hall–Kier alpha value is -1.37. The fraction of sp³-hybridized carbons (Fsp3) is 0.333. The van der Waals surface area contributed by atoms with Gasteiger partial charge in [0.25, 0.3) is 0 Å². The first kappa shape index (κ1) is 16.7. The number of pyridine rings is 1. The molecule has 2 aromatic rings. The van der Waals surface area contributed by atoms with Crippen LogP contribution >= 0.6 is 24.0 Å². The number of aromatic nitrogens is 1. The minimum Gasteiger partial charge on any atom is -0.349 e. The number of benzene rings is 1. The van der Waals surface area contributed by atoms with E-state index < -0.39 is 0 Å². The largest absolute Gasteiger partial charge is 0.349 e. The van der Waals surface area contributed by atoms with E-state index in [1.165, 1.54) is 10.8 Å². The summed E-state index contributed by atoms with van der Waals surface area (Å²) in [5.74, 6) is 0.940. The van der Waals surface area contributed by atoms with Crippen LogP contribution in [0.2, 0.25) is 0 Å². The van der Waals surface area contributed by atoms with Crippen molar-refractivity contribution in [3.05, 3.63) is 42.2 Å². The molecule has 0 saturated heterocycles. The highest BCUT2D eigenvalue weighted by atomic mass is 127. The number of hydrogen-bond acceptors (Lipinski definition) is 2. The number of hydrogen-bond donors (Lipinski definition) is 0. The van der Waals surface area contributed by atoms with E-state index in [4.69, 9.17) is 0 Å². The second-order valence-electron chi connectivity index (χ2n) is 4.88. The number of guanidine groups is 1. The van der Waals surface area contributed by atoms with Gasteiger partial charge in [-0.1, -0.05) is 24.3 Å². The van der Waals surface area contributed by atoms with Crippen LogP contribution in [0.4, 0.5) is 0 Å². The first-order valence-electron chi connectivity index (χ1n) is 6.31. The van der Waals surface area contributed by atoms with Crippen LogP contribution in [0.1, 0.15) is 5.69 Å². The molecule has 20 heavy (non-hydrogen) atoms. The molecule has 0 aliphatic carbocycles. The van der Waals surface area contributed by atoms with Gasteiger partial charge in [-0.3, -0.25) is 4.98 Å². The van der Waals surface area contributed by atoms with Crippen molar-refractivity contribution in [1.29, 1.82) is 0 Å². The predicted molar refractivity (Wildman–Crippen MR) is 95.7 cm³/mol. The molecule has 1 heterocycles. The maximum absolute atomic E-state index is 4.65. The molecule has 2 rings (SSSR count). The maximum atomic E-state index is 4.65. The number of halogens is 1. The zero-order valence-electron chi connectivity index (χ0n) is 12.4. The second-order valence-corrected chi connectivity index (χ2v) is 4.88. The first-order chi connectivity index (χ1) is 9.09. The van der Waals surface area contributed by atoms with Crippen LogP contribution in [0.5, 0.6) is 0 Å². The zero-order chi connectivity index (χ0) is 13.8. The highest BCUT2D eigenvalue weighted by Crippen LogP contribution is 2.16. The Morgan fingerprint density at radius 3 is 2.35 bits per heavy atom. The van der Waals surface area contributed by atoms with Crippen LogP contribution in [0.15, 0.2) is 41.5 Å². The first-order valence-corrected chi connectivity index (χ1v) is 6.31. The lowest BCUT2D eigenvalue weighted by Gasteiger charge is -2.22. The molecule has 1 aromatic carbocycles. The van der Waals surface area contributed by atoms with Gasteiger partial charge in [0, 0.05) is 39.8 Å². The van der Waals surface area contributed by atoms with Crippen LogP contribution in [0, 0.1) is 0 Å². The van der Waals surface area contributed by atoms with E-state index in [-0.39, 0.29) is 24.0 Å². The van der Waals surface area contributed by atoms with E-state index in [0.717, 1.165) is 11.7 Å². The van der Waals surface area contributed by atoms with Gasteiger partial charge in [0.2, 0.25) is 0 Å². The Balaban J connectivity index is 0.00000200. The Morgan fingerprint density at radius 1 is 1.05 bits per heavy atom. The van der Waals surface area contributed by atoms with Gasteiger partial charge >= 0.3 is 0 Å². The molecule has 0 unspecified atom stereocenters. The van der Waals surface area contributed by atoms with E-state index in [9.17, 15) is 0 Å². The van der Waals surface area contributed by atoms with Crippen molar-refractivity contribution in [3.63, 3.8) is 0 Å². The molecule has 0 amide bonds. The van der Waals surface area contributed by atoms with Crippen LogP contribution in [0.25, 0.3) is 10.8 Å². The van der Waals surface area contributed by atoms with Crippen molar-refractivity contribution in [3.8, 4) is 0 Å². The van der Waals surface area contributed by atoms with Crippen molar-refractivity contribution < 1.29 is 0 Å². The third kappa shape index (κ3) is 3.82. The zero-order valence-corrected chi connectivity index (χ0v) is 14.7. The Labute approximate surface area is 137 Å². The Kier molecular flexibility index (Phi) is 6.19. The Bertz CT molecular complexity index is 578. The summed E-state index contributed by atoms with van der Waals surface area (Å²) in [4.78, 5) is 13.1. The van der Waals surface area contributed by atoms with Crippen LogP contribution in [-0.2, 0) is 6.54 Å². The molecule has 0 fully saturated rings. The summed E-state index contributed by atoms with van der Waals surface area (Å²) in [7, 11) is 7.98. The average molecular weight is 384 g/mol. The lowest BCUT2D eigenvalue weighted by molar-refractivity contribution is 0.479. The summed E-state index contributed by atoms with van der Waals surface area (Å²) in [6, 6.07) is 10.3. The quantitative estimate of drug-likeness (QED) is 0.454. The van der Waals surface area contributed by atoms with Crippen LogP contribution < -0.4 is 0 Å². The van der Waals surface area contributed by atoms with Crippen molar-refractivity contribution in [2.75, 3.05) is 28.2 Å². The normalized spacial score (nSPS) is 9.80. The Morgan fingerprint density at radius 2 is 1.70 bits per heavy atom. The van der Waals surface area contributed by atoms with Gasteiger partial charge < -0.3 is 9.80 Å². The third-order valence-electron chi connectivity index (χ3n) is 2.93. The summed E-state index contributed by atoms with van der Waals surface area (Å²) in [6.45, 7) is 0.590. The minimum atomic E-state index is 0. The predicted octanol–water partition coefficient (Wildman–Crippen LogP) is 2.83. The summed E-state index contributed by atoms with van der Waals surface area (Å²) in [6.07, 6.45) is 1.85. The summed E-state index contributed by atoms with van der Waals surface area (Å²) < 4.78 is 0. The van der Waals surface area contributed by atoms with Gasteiger partial charge in [-0.25, -0.2) is 4.99 Å². The molecular formula is C15H21IN4. The van der Waals surface area contributed by atoms with Crippen molar-refractivity contribution in [2.24, 2.45) is 4.99 Å². The molecular weight excluding hydrogens is 363 g/mol. The smallest absolute Gasteiger partial charge is 0.195 e. The molecule has 0 spiro atoms. The number of nitrogens with zero attached hydrogens (tertiary/aromatic N) is 4. The van der Waals surface area contributed by atoms with Gasteiger partial charge in [-0.15, -0.1) is 24.0 Å². The molecule has 0 atom stereocenters.